The van der Waals surface area contributed by atoms with Crippen LogP contribution in [0.15, 0.2) is 62.9 Å². The SMILES string of the molecule is CCCCCCn1c(=O)c(C(=O)N/N=C/c2cccc(Br)c2)c(O)c2ccccc21. The van der Waals surface area contributed by atoms with Gasteiger partial charge in [0.2, 0.25) is 0 Å². The van der Waals surface area contributed by atoms with Crippen LogP contribution in [-0.4, -0.2) is 21.8 Å². The Morgan fingerprint density at radius 1 is 1.17 bits per heavy atom. The Morgan fingerprint density at radius 3 is 2.73 bits per heavy atom. The molecule has 3 rings (SSSR count). The quantitative estimate of drug-likeness (QED) is 0.282. The van der Waals surface area contributed by atoms with Gasteiger partial charge >= 0.3 is 0 Å². The Morgan fingerprint density at radius 2 is 1.97 bits per heavy atom. The zero-order chi connectivity index (χ0) is 21.5. The third-order valence-electron chi connectivity index (χ3n) is 4.84. The first kappa shape index (κ1) is 21.8. The van der Waals surface area contributed by atoms with Gasteiger partial charge < -0.3 is 9.67 Å². The lowest BCUT2D eigenvalue weighted by Crippen LogP contribution is -2.31. The van der Waals surface area contributed by atoms with Gasteiger partial charge in [-0.05, 0) is 36.2 Å². The van der Waals surface area contributed by atoms with Crippen LogP contribution in [0.4, 0.5) is 0 Å². The van der Waals surface area contributed by atoms with Crippen LogP contribution in [-0.2, 0) is 6.54 Å². The molecule has 30 heavy (non-hydrogen) atoms. The maximum absolute atomic E-state index is 13.1. The molecule has 0 spiro atoms. The molecule has 3 aromatic rings. The fraction of sp³-hybridized carbons (Fsp3) is 0.261. The summed E-state index contributed by atoms with van der Waals surface area (Å²) in [5.74, 6) is -1.06. The summed E-state index contributed by atoms with van der Waals surface area (Å²) in [4.78, 5) is 25.8. The molecule has 0 atom stereocenters. The van der Waals surface area contributed by atoms with Crippen LogP contribution < -0.4 is 11.0 Å². The number of benzene rings is 2. The van der Waals surface area contributed by atoms with E-state index in [-0.39, 0.29) is 11.3 Å². The highest BCUT2D eigenvalue weighted by Crippen LogP contribution is 2.26. The summed E-state index contributed by atoms with van der Waals surface area (Å²) in [5, 5.41) is 15.1. The van der Waals surface area contributed by atoms with Gasteiger partial charge in [-0.3, -0.25) is 9.59 Å². The number of hydrogen-bond acceptors (Lipinski definition) is 4. The summed E-state index contributed by atoms with van der Waals surface area (Å²) < 4.78 is 2.45. The highest BCUT2D eigenvalue weighted by Gasteiger charge is 2.21. The number of carbonyl (C=O) groups excluding carboxylic acids is 1. The van der Waals surface area contributed by atoms with Crippen LogP contribution in [0.25, 0.3) is 10.9 Å². The van der Waals surface area contributed by atoms with E-state index in [1.54, 1.807) is 22.8 Å². The molecule has 1 amide bonds. The molecule has 7 heteroatoms. The normalized spacial score (nSPS) is 11.3. The summed E-state index contributed by atoms with van der Waals surface area (Å²) in [6, 6.07) is 14.5. The number of hydrogen-bond donors (Lipinski definition) is 2. The number of rotatable bonds is 8. The van der Waals surface area contributed by atoms with Crippen molar-refractivity contribution >= 4 is 39.0 Å². The monoisotopic (exact) mass is 469 g/mol. The molecule has 1 heterocycles. The molecule has 0 unspecified atom stereocenters. The van der Waals surface area contributed by atoms with E-state index in [0.29, 0.717) is 17.4 Å². The van der Waals surface area contributed by atoms with Crippen molar-refractivity contribution in [2.75, 3.05) is 0 Å². The van der Waals surface area contributed by atoms with Crippen LogP contribution in [0.3, 0.4) is 0 Å². The van der Waals surface area contributed by atoms with Crippen molar-refractivity contribution in [2.24, 2.45) is 5.10 Å². The molecule has 0 saturated heterocycles. The molecule has 0 fully saturated rings. The number of nitrogens with zero attached hydrogens (tertiary/aromatic N) is 2. The van der Waals surface area contributed by atoms with Crippen LogP contribution >= 0.6 is 15.9 Å². The van der Waals surface area contributed by atoms with Crippen LogP contribution in [0.2, 0.25) is 0 Å². The van der Waals surface area contributed by atoms with Crippen molar-refractivity contribution in [1.29, 1.82) is 0 Å². The van der Waals surface area contributed by atoms with Gasteiger partial charge in [-0.2, -0.15) is 5.10 Å². The Balaban J connectivity index is 1.92. The minimum absolute atomic E-state index is 0.296. The predicted molar refractivity (Wildman–Crippen MR) is 123 cm³/mol. The lowest BCUT2D eigenvalue weighted by atomic mass is 10.1. The third-order valence-corrected chi connectivity index (χ3v) is 5.33. The van der Waals surface area contributed by atoms with Crippen LogP contribution in [0.5, 0.6) is 5.75 Å². The molecular formula is C23H24BrN3O3. The van der Waals surface area contributed by atoms with E-state index in [1.807, 2.05) is 30.3 Å². The average Bonchev–Trinajstić information content (AvgIpc) is 2.73. The molecule has 0 bridgehead atoms. The number of amides is 1. The third kappa shape index (κ3) is 4.97. The first-order valence-corrected chi connectivity index (χ1v) is 10.8. The number of halogens is 1. The molecule has 156 valence electrons. The Kier molecular flexibility index (Phi) is 7.41. The van der Waals surface area contributed by atoms with Gasteiger partial charge in [-0.1, -0.05) is 66.4 Å². The van der Waals surface area contributed by atoms with Gasteiger partial charge in [-0.15, -0.1) is 0 Å². The van der Waals surface area contributed by atoms with E-state index in [4.69, 9.17) is 0 Å². The van der Waals surface area contributed by atoms with Gasteiger partial charge in [0, 0.05) is 16.4 Å². The molecule has 6 nitrogen and oxygen atoms in total. The number of para-hydroxylation sites is 1. The lowest BCUT2D eigenvalue weighted by molar-refractivity contribution is 0.0950. The summed E-state index contributed by atoms with van der Waals surface area (Å²) in [6.07, 6.45) is 5.47. The number of carbonyl (C=O) groups is 1. The van der Waals surface area contributed by atoms with Crippen LogP contribution in [0, 0.1) is 0 Å². The maximum atomic E-state index is 13.1. The fourth-order valence-electron chi connectivity index (χ4n) is 3.32. The largest absolute Gasteiger partial charge is 0.506 e. The standard InChI is InChI=1S/C23H24BrN3O3/c1-2-3-4-7-13-27-19-12-6-5-11-18(19)21(28)20(23(27)30)22(29)26-25-15-16-9-8-10-17(24)14-16/h5-6,8-12,14-15,28H,2-4,7,13H2,1H3,(H,26,29)/b25-15+. The predicted octanol–water partition coefficient (Wildman–Crippen LogP) is 4.81. The fourth-order valence-corrected chi connectivity index (χ4v) is 3.74. The van der Waals surface area contributed by atoms with Crippen molar-refractivity contribution in [3.8, 4) is 5.75 Å². The smallest absolute Gasteiger partial charge is 0.280 e. The van der Waals surface area contributed by atoms with E-state index in [2.05, 4.69) is 33.4 Å². The van der Waals surface area contributed by atoms with E-state index < -0.39 is 11.5 Å². The maximum Gasteiger partial charge on any atom is 0.280 e. The summed E-state index contributed by atoms with van der Waals surface area (Å²) >= 11 is 3.37. The molecule has 0 radical (unpaired) electrons. The molecular weight excluding hydrogens is 446 g/mol. The van der Waals surface area contributed by atoms with Gasteiger partial charge in [0.15, 0.2) is 0 Å². The van der Waals surface area contributed by atoms with Gasteiger partial charge in [0.25, 0.3) is 11.5 Å². The zero-order valence-electron chi connectivity index (χ0n) is 16.8. The van der Waals surface area contributed by atoms with Crippen molar-refractivity contribution < 1.29 is 9.90 Å². The molecule has 2 aromatic carbocycles. The molecule has 0 aliphatic heterocycles. The first-order chi connectivity index (χ1) is 14.5. The van der Waals surface area contributed by atoms with Gasteiger partial charge in [0.1, 0.15) is 11.3 Å². The van der Waals surface area contributed by atoms with Crippen molar-refractivity contribution in [1.82, 2.24) is 9.99 Å². The minimum atomic E-state index is -0.739. The second kappa shape index (κ2) is 10.2. The average molecular weight is 470 g/mol. The summed E-state index contributed by atoms with van der Waals surface area (Å²) in [5.41, 5.74) is 2.94. The number of unbranched alkanes of at least 4 members (excludes halogenated alkanes) is 3. The number of aryl methyl sites for hydroxylation is 1. The number of aromatic hydroxyl groups is 1. The topological polar surface area (TPSA) is 83.7 Å². The number of aromatic nitrogens is 1. The Bertz CT molecular complexity index is 1140. The number of nitrogens with one attached hydrogen (secondary N) is 1. The van der Waals surface area contributed by atoms with Crippen molar-refractivity contribution in [3.63, 3.8) is 0 Å². The molecule has 0 aliphatic rings. The number of fused-ring (bicyclic) bond motifs is 1. The molecule has 0 aliphatic carbocycles. The van der Waals surface area contributed by atoms with Crippen molar-refractivity contribution in [2.45, 2.75) is 39.2 Å². The van der Waals surface area contributed by atoms with E-state index in [9.17, 15) is 14.7 Å². The second-order valence-electron chi connectivity index (χ2n) is 7.01. The van der Waals surface area contributed by atoms with E-state index in [1.165, 1.54) is 6.21 Å². The summed E-state index contributed by atoms with van der Waals surface area (Å²) in [6.45, 7) is 2.61. The molecule has 0 saturated carbocycles. The minimum Gasteiger partial charge on any atom is -0.506 e. The van der Waals surface area contributed by atoms with Crippen molar-refractivity contribution in [3.05, 3.63) is 74.5 Å². The zero-order valence-corrected chi connectivity index (χ0v) is 18.4. The molecule has 1 aromatic heterocycles. The second-order valence-corrected chi connectivity index (χ2v) is 7.93. The lowest BCUT2D eigenvalue weighted by Gasteiger charge is -2.14. The number of hydrazone groups is 1. The number of pyridine rings is 1. The summed E-state index contributed by atoms with van der Waals surface area (Å²) in [7, 11) is 0. The highest BCUT2D eigenvalue weighted by atomic mass is 79.9. The van der Waals surface area contributed by atoms with Gasteiger partial charge in [-0.25, -0.2) is 5.43 Å². The molecule has 2 N–H and O–H groups in total. The highest BCUT2D eigenvalue weighted by molar-refractivity contribution is 9.10. The van der Waals surface area contributed by atoms with E-state index >= 15 is 0 Å². The van der Waals surface area contributed by atoms with Crippen LogP contribution in [0.1, 0.15) is 48.5 Å². The van der Waals surface area contributed by atoms with Gasteiger partial charge in [0.05, 0.1) is 11.7 Å². The first-order valence-electron chi connectivity index (χ1n) is 9.96. The van der Waals surface area contributed by atoms with E-state index in [0.717, 1.165) is 35.7 Å². The Hall–Kier alpha value is -2.93. The Labute approximate surface area is 183 Å².